The molecule has 1 atom stereocenters. The number of imidazole rings is 1. The van der Waals surface area contributed by atoms with Crippen LogP contribution >= 0.6 is 11.6 Å². The minimum Gasteiger partial charge on any atom is -0.385 e. The monoisotopic (exact) mass is 351 g/mol. The summed E-state index contributed by atoms with van der Waals surface area (Å²) < 4.78 is 3.52. The maximum absolute atomic E-state index is 12.3. The number of carbonyl (C=O) groups excluding carboxylic acids is 1. The van der Waals surface area contributed by atoms with Gasteiger partial charge in [0.2, 0.25) is 5.91 Å². The number of hydrogen-bond acceptors (Lipinski definition) is 4. The summed E-state index contributed by atoms with van der Waals surface area (Å²) >= 11 is 5.81. The molecule has 0 bridgehead atoms. The number of aliphatic hydroxyl groups is 1. The van der Waals surface area contributed by atoms with E-state index in [4.69, 9.17) is 11.6 Å². The Morgan fingerprint density at radius 2 is 2.21 bits per heavy atom. The lowest BCUT2D eigenvalue weighted by atomic mass is 9.90. The fourth-order valence-electron chi connectivity index (χ4n) is 3.17. The highest BCUT2D eigenvalue weighted by atomic mass is 35.5. The summed E-state index contributed by atoms with van der Waals surface area (Å²) in [6.45, 7) is 1.87. The predicted molar refractivity (Wildman–Crippen MR) is 89.3 cm³/mol. The fourth-order valence-corrected chi connectivity index (χ4v) is 3.32. The van der Waals surface area contributed by atoms with Crippen LogP contribution in [-0.2, 0) is 18.4 Å². The molecule has 3 rings (SSSR count). The van der Waals surface area contributed by atoms with Crippen molar-refractivity contribution in [1.29, 1.82) is 0 Å². The van der Waals surface area contributed by atoms with Gasteiger partial charge in [0.1, 0.15) is 11.9 Å². The summed E-state index contributed by atoms with van der Waals surface area (Å²) in [5.74, 6) is 0.946. The Bertz CT molecular complexity index is 690. The largest absolute Gasteiger partial charge is 0.385 e. The maximum Gasteiger partial charge on any atom is 0.224 e. The normalized spacial score (nSPS) is 17.2. The van der Waals surface area contributed by atoms with Gasteiger partial charge in [0.15, 0.2) is 0 Å². The Morgan fingerprint density at radius 3 is 2.79 bits per heavy atom. The molecule has 1 aliphatic rings. The van der Waals surface area contributed by atoms with Crippen LogP contribution in [-0.4, -0.2) is 48.3 Å². The summed E-state index contributed by atoms with van der Waals surface area (Å²) in [6, 6.07) is 0. The van der Waals surface area contributed by atoms with Crippen molar-refractivity contribution in [3.05, 3.63) is 35.6 Å². The Morgan fingerprint density at radius 1 is 1.46 bits per heavy atom. The molecule has 24 heavy (non-hydrogen) atoms. The lowest BCUT2D eigenvalue weighted by molar-refractivity contribution is -0.133. The summed E-state index contributed by atoms with van der Waals surface area (Å²) in [6.07, 6.45) is 8.21. The van der Waals surface area contributed by atoms with E-state index in [1.165, 1.54) is 0 Å². The molecule has 1 amide bonds. The first-order valence-corrected chi connectivity index (χ1v) is 8.53. The van der Waals surface area contributed by atoms with E-state index < -0.39 is 6.10 Å². The smallest absolute Gasteiger partial charge is 0.224 e. The highest BCUT2D eigenvalue weighted by molar-refractivity contribution is 6.30. The molecule has 130 valence electrons. The molecule has 0 spiro atoms. The van der Waals surface area contributed by atoms with E-state index in [2.05, 4.69) is 10.1 Å². The number of likely N-dealkylation sites (tertiary alicyclic amines) is 1. The maximum atomic E-state index is 12.3. The molecule has 3 heterocycles. The molecule has 2 aromatic rings. The summed E-state index contributed by atoms with van der Waals surface area (Å²) in [7, 11) is 1.88. The van der Waals surface area contributed by atoms with Gasteiger partial charge in [-0.2, -0.15) is 5.10 Å². The number of piperidine rings is 1. The van der Waals surface area contributed by atoms with E-state index in [0.717, 1.165) is 12.8 Å². The van der Waals surface area contributed by atoms with Gasteiger partial charge in [0.25, 0.3) is 0 Å². The Kier molecular flexibility index (Phi) is 5.20. The van der Waals surface area contributed by atoms with E-state index >= 15 is 0 Å². The third kappa shape index (κ3) is 3.79. The van der Waals surface area contributed by atoms with Gasteiger partial charge in [0.05, 0.1) is 11.2 Å². The molecule has 7 nitrogen and oxygen atoms in total. The van der Waals surface area contributed by atoms with Gasteiger partial charge in [-0.3, -0.25) is 9.48 Å². The first-order chi connectivity index (χ1) is 11.5. The number of halogens is 1. The van der Waals surface area contributed by atoms with Gasteiger partial charge in [0, 0.05) is 51.7 Å². The number of rotatable bonds is 5. The van der Waals surface area contributed by atoms with Crippen molar-refractivity contribution in [3.8, 4) is 0 Å². The molecular weight excluding hydrogens is 330 g/mol. The van der Waals surface area contributed by atoms with Crippen LogP contribution in [0.4, 0.5) is 0 Å². The van der Waals surface area contributed by atoms with Crippen LogP contribution < -0.4 is 0 Å². The SMILES string of the molecule is Cn1ccnc1C(O)C1CCN(C(=O)CCn2cc(Cl)cn2)CC1. The van der Waals surface area contributed by atoms with Gasteiger partial charge in [-0.1, -0.05) is 11.6 Å². The number of carbonyl (C=O) groups is 1. The zero-order valence-electron chi connectivity index (χ0n) is 13.7. The van der Waals surface area contributed by atoms with Crippen LogP contribution in [0.25, 0.3) is 0 Å². The molecule has 0 aliphatic carbocycles. The number of amides is 1. The first-order valence-electron chi connectivity index (χ1n) is 8.15. The number of nitrogens with zero attached hydrogens (tertiary/aromatic N) is 5. The Labute approximate surface area is 145 Å². The summed E-state index contributed by atoms with van der Waals surface area (Å²) in [5.41, 5.74) is 0. The highest BCUT2D eigenvalue weighted by Crippen LogP contribution is 2.29. The van der Waals surface area contributed by atoms with Crippen LogP contribution in [0.2, 0.25) is 5.02 Å². The summed E-state index contributed by atoms with van der Waals surface area (Å²) in [4.78, 5) is 18.4. The molecule has 1 fully saturated rings. The van der Waals surface area contributed by atoms with Crippen molar-refractivity contribution in [3.63, 3.8) is 0 Å². The standard InChI is InChI=1S/C16H22ClN5O2/c1-20-9-5-18-16(20)15(24)12-2-6-21(7-3-12)14(23)4-8-22-11-13(17)10-19-22/h5,9-12,15,24H,2-4,6-8H2,1H3. The van der Waals surface area contributed by atoms with E-state index in [1.807, 2.05) is 22.7 Å². The lowest BCUT2D eigenvalue weighted by Crippen LogP contribution is -2.40. The number of hydrogen-bond donors (Lipinski definition) is 1. The minimum atomic E-state index is -0.575. The molecule has 1 unspecified atom stereocenters. The molecule has 1 saturated heterocycles. The third-order valence-corrected chi connectivity index (χ3v) is 4.81. The third-order valence-electron chi connectivity index (χ3n) is 4.62. The van der Waals surface area contributed by atoms with Crippen LogP contribution in [0, 0.1) is 5.92 Å². The zero-order chi connectivity index (χ0) is 17.1. The molecular formula is C16H22ClN5O2. The van der Waals surface area contributed by atoms with E-state index in [0.29, 0.717) is 36.9 Å². The van der Waals surface area contributed by atoms with Gasteiger partial charge in [-0.15, -0.1) is 0 Å². The van der Waals surface area contributed by atoms with Crippen LogP contribution in [0.5, 0.6) is 0 Å². The van der Waals surface area contributed by atoms with Crippen molar-refractivity contribution in [2.45, 2.75) is 31.9 Å². The van der Waals surface area contributed by atoms with E-state index in [1.54, 1.807) is 23.3 Å². The number of aliphatic hydroxyl groups excluding tert-OH is 1. The Balaban J connectivity index is 1.47. The molecule has 8 heteroatoms. The van der Waals surface area contributed by atoms with Crippen molar-refractivity contribution in [2.75, 3.05) is 13.1 Å². The molecule has 1 N–H and O–H groups in total. The van der Waals surface area contributed by atoms with Crippen LogP contribution in [0.15, 0.2) is 24.8 Å². The fraction of sp³-hybridized carbons (Fsp3) is 0.562. The van der Waals surface area contributed by atoms with Crippen LogP contribution in [0.3, 0.4) is 0 Å². The van der Waals surface area contributed by atoms with Crippen molar-refractivity contribution < 1.29 is 9.90 Å². The molecule has 1 aliphatic heterocycles. The van der Waals surface area contributed by atoms with Crippen LogP contribution in [0.1, 0.15) is 31.2 Å². The highest BCUT2D eigenvalue weighted by Gasteiger charge is 2.29. The van der Waals surface area contributed by atoms with Gasteiger partial charge in [-0.05, 0) is 18.8 Å². The number of aryl methyl sites for hydroxylation is 2. The molecule has 2 aromatic heterocycles. The second kappa shape index (κ2) is 7.36. The first kappa shape index (κ1) is 17.0. The lowest BCUT2D eigenvalue weighted by Gasteiger charge is -2.34. The minimum absolute atomic E-state index is 0.117. The molecule has 0 radical (unpaired) electrons. The second-order valence-electron chi connectivity index (χ2n) is 6.23. The van der Waals surface area contributed by atoms with Gasteiger partial charge >= 0.3 is 0 Å². The Hall–Kier alpha value is -1.86. The summed E-state index contributed by atoms with van der Waals surface area (Å²) in [5, 5.41) is 15.1. The molecule has 0 saturated carbocycles. The van der Waals surface area contributed by atoms with Gasteiger partial charge < -0.3 is 14.6 Å². The second-order valence-corrected chi connectivity index (χ2v) is 6.67. The topological polar surface area (TPSA) is 76.2 Å². The van der Waals surface area contributed by atoms with Crippen molar-refractivity contribution in [2.24, 2.45) is 13.0 Å². The average molecular weight is 352 g/mol. The predicted octanol–water partition coefficient (Wildman–Crippen LogP) is 1.63. The van der Waals surface area contributed by atoms with Gasteiger partial charge in [-0.25, -0.2) is 4.98 Å². The molecule has 0 aromatic carbocycles. The van der Waals surface area contributed by atoms with E-state index in [9.17, 15) is 9.90 Å². The number of aromatic nitrogens is 4. The quantitative estimate of drug-likeness (QED) is 0.888. The zero-order valence-corrected chi connectivity index (χ0v) is 14.4. The average Bonchev–Trinajstić information content (AvgIpc) is 3.20. The van der Waals surface area contributed by atoms with Crippen molar-refractivity contribution in [1.82, 2.24) is 24.2 Å². The van der Waals surface area contributed by atoms with E-state index in [-0.39, 0.29) is 11.8 Å². The van der Waals surface area contributed by atoms with Crippen molar-refractivity contribution >= 4 is 17.5 Å².